The fraction of sp³-hybridized carbons (Fsp3) is 1.00. The molecule has 2 saturated heterocycles. The zero-order valence-electron chi connectivity index (χ0n) is 12.6. The quantitative estimate of drug-likeness (QED) is 0.790. The first kappa shape index (κ1) is 15.2. The lowest BCUT2D eigenvalue weighted by Gasteiger charge is -2.39. The lowest BCUT2D eigenvalue weighted by atomic mass is 9.92. The Morgan fingerprint density at radius 1 is 1.37 bits per heavy atom. The minimum absolute atomic E-state index is 0.640. The fourth-order valence-corrected chi connectivity index (χ4v) is 3.53. The third-order valence-electron chi connectivity index (χ3n) is 4.44. The normalized spacial score (nSPS) is 33.5. The summed E-state index contributed by atoms with van der Waals surface area (Å²) in [4.78, 5) is 2.62. The van der Waals surface area contributed by atoms with E-state index in [9.17, 15) is 0 Å². The highest BCUT2D eigenvalue weighted by Crippen LogP contribution is 2.21. The van der Waals surface area contributed by atoms with E-state index in [0.717, 1.165) is 38.7 Å². The van der Waals surface area contributed by atoms with E-state index in [0.29, 0.717) is 12.0 Å². The van der Waals surface area contributed by atoms with Crippen molar-refractivity contribution in [2.24, 2.45) is 11.8 Å². The van der Waals surface area contributed by atoms with E-state index in [1.165, 1.54) is 32.5 Å². The highest BCUT2D eigenvalue weighted by atomic mass is 16.5. The van der Waals surface area contributed by atoms with E-state index in [1.54, 1.807) is 0 Å². The number of rotatable bonds is 6. The van der Waals surface area contributed by atoms with Crippen LogP contribution in [-0.2, 0) is 9.47 Å². The minimum atomic E-state index is 0.640. The maximum Gasteiger partial charge on any atom is 0.0521 e. The molecule has 0 aliphatic carbocycles. The van der Waals surface area contributed by atoms with Crippen molar-refractivity contribution < 1.29 is 9.47 Å². The fourth-order valence-electron chi connectivity index (χ4n) is 3.53. The highest BCUT2D eigenvalue weighted by Gasteiger charge is 2.29. The number of likely N-dealkylation sites (tertiary alicyclic amines) is 1. The standard InChI is InChI=1S/C15H30N2O2/c1-3-16-15-6-8-19-12-14(15)10-17-7-4-5-13(9-17)11-18-2/h13-16H,3-12H2,1-2H3. The average Bonchev–Trinajstić information content (AvgIpc) is 2.42. The second kappa shape index (κ2) is 8.20. The molecular formula is C15H30N2O2. The number of methoxy groups -OCH3 is 1. The smallest absolute Gasteiger partial charge is 0.0521 e. The van der Waals surface area contributed by atoms with Crippen LogP contribution in [0.25, 0.3) is 0 Å². The van der Waals surface area contributed by atoms with Gasteiger partial charge in [-0.15, -0.1) is 0 Å². The second-order valence-electron chi connectivity index (χ2n) is 6.01. The van der Waals surface area contributed by atoms with E-state index in [1.807, 2.05) is 7.11 Å². The molecule has 1 N–H and O–H groups in total. The van der Waals surface area contributed by atoms with Crippen LogP contribution in [0.15, 0.2) is 0 Å². The van der Waals surface area contributed by atoms with E-state index >= 15 is 0 Å². The highest BCUT2D eigenvalue weighted by molar-refractivity contribution is 4.83. The molecule has 0 aromatic heterocycles. The molecule has 2 fully saturated rings. The van der Waals surface area contributed by atoms with Crippen molar-refractivity contribution in [2.45, 2.75) is 32.2 Å². The summed E-state index contributed by atoms with van der Waals surface area (Å²) in [6, 6.07) is 0.640. The van der Waals surface area contributed by atoms with Crippen molar-refractivity contribution in [1.82, 2.24) is 10.2 Å². The van der Waals surface area contributed by atoms with Gasteiger partial charge in [-0.3, -0.25) is 0 Å². The van der Waals surface area contributed by atoms with Gasteiger partial charge in [0.15, 0.2) is 0 Å². The Morgan fingerprint density at radius 2 is 2.26 bits per heavy atom. The monoisotopic (exact) mass is 270 g/mol. The molecule has 112 valence electrons. The van der Waals surface area contributed by atoms with E-state index < -0.39 is 0 Å². The van der Waals surface area contributed by atoms with Crippen LogP contribution in [0, 0.1) is 11.8 Å². The molecule has 4 heteroatoms. The SMILES string of the molecule is CCNC1CCOCC1CN1CCCC(COC)C1. The molecule has 0 aromatic carbocycles. The molecular weight excluding hydrogens is 240 g/mol. The van der Waals surface area contributed by atoms with Gasteiger partial charge in [0.25, 0.3) is 0 Å². The molecule has 0 amide bonds. The number of hydrogen-bond donors (Lipinski definition) is 1. The lowest BCUT2D eigenvalue weighted by molar-refractivity contribution is 0.00623. The second-order valence-corrected chi connectivity index (χ2v) is 6.01. The summed E-state index contributed by atoms with van der Waals surface area (Å²) >= 11 is 0. The van der Waals surface area contributed by atoms with Gasteiger partial charge in [-0.25, -0.2) is 0 Å². The number of nitrogens with one attached hydrogen (secondary N) is 1. The third kappa shape index (κ3) is 4.71. The first-order valence-electron chi connectivity index (χ1n) is 7.86. The summed E-state index contributed by atoms with van der Waals surface area (Å²) in [5.41, 5.74) is 0. The Labute approximate surface area is 117 Å². The molecule has 0 radical (unpaired) electrons. The first-order chi connectivity index (χ1) is 9.33. The number of piperidine rings is 1. The van der Waals surface area contributed by atoms with Crippen LogP contribution in [0.4, 0.5) is 0 Å². The van der Waals surface area contributed by atoms with Crippen LogP contribution in [-0.4, -0.2) is 64.1 Å². The van der Waals surface area contributed by atoms with Crippen molar-refractivity contribution in [3.8, 4) is 0 Å². The third-order valence-corrected chi connectivity index (χ3v) is 4.44. The van der Waals surface area contributed by atoms with Crippen molar-refractivity contribution in [2.75, 3.05) is 53.1 Å². The Hall–Kier alpha value is -0.160. The predicted molar refractivity (Wildman–Crippen MR) is 77.4 cm³/mol. The van der Waals surface area contributed by atoms with Crippen LogP contribution < -0.4 is 5.32 Å². The van der Waals surface area contributed by atoms with Crippen LogP contribution in [0.3, 0.4) is 0 Å². The van der Waals surface area contributed by atoms with Gasteiger partial charge in [-0.1, -0.05) is 6.92 Å². The summed E-state index contributed by atoms with van der Waals surface area (Å²) in [6.45, 7) is 9.63. The molecule has 0 spiro atoms. The summed E-state index contributed by atoms with van der Waals surface area (Å²) < 4.78 is 11.0. The number of ether oxygens (including phenoxy) is 2. The molecule has 2 heterocycles. The van der Waals surface area contributed by atoms with Gasteiger partial charge in [-0.05, 0) is 38.3 Å². The maximum atomic E-state index is 5.68. The molecule has 2 rings (SSSR count). The predicted octanol–water partition coefficient (Wildman–Crippen LogP) is 1.36. The number of nitrogens with zero attached hydrogens (tertiary/aromatic N) is 1. The Balaban J connectivity index is 1.80. The van der Waals surface area contributed by atoms with Gasteiger partial charge >= 0.3 is 0 Å². The van der Waals surface area contributed by atoms with Crippen LogP contribution in [0.1, 0.15) is 26.2 Å². The molecule has 3 atom stereocenters. The summed E-state index contributed by atoms with van der Waals surface area (Å²) in [7, 11) is 1.81. The van der Waals surface area contributed by atoms with Crippen molar-refractivity contribution in [3.05, 3.63) is 0 Å². The van der Waals surface area contributed by atoms with Crippen LogP contribution in [0.5, 0.6) is 0 Å². The van der Waals surface area contributed by atoms with E-state index in [-0.39, 0.29) is 0 Å². The molecule has 0 bridgehead atoms. The van der Waals surface area contributed by atoms with Gasteiger partial charge in [0.05, 0.1) is 13.2 Å². The van der Waals surface area contributed by atoms with Crippen molar-refractivity contribution in [1.29, 1.82) is 0 Å². The Kier molecular flexibility index (Phi) is 6.57. The molecule has 0 saturated carbocycles. The summed E-state index contributed by atoms with van der Waals surface area (Å²) in [5.74, 6) is 1.37. The minimum Gasteiger partial charge on any atom is -0.384 e. The van der Waals surface area contributed by atoms with Gasteiger partial charge in [0, 0.05) is 38.8 Å². The molecule has 2 aliphatic rings. The van der Waals surface area contributed by atoms with E-state index in [2.05, 4.69) is 17.1 Å². The van der Waals surface area contributed by atoms with E-state index in [4.69, 9.17) is 9.47 Å². The molecule has 2 aliphatic heterocycles. The first-order valence-corrected chi connectivity index (χ1v) is 7.86. The maximum absolute atomic E-state index is 5.68. The lowest BCUT2D eigenvalue weighted by Crippen LogP contribution is -2.49. The van der Waals surface area contributed by atoms with Gasteiger partial charge < -0.3 is 19.7 Å². The van der Waals surface area contributed by atoms with Gasteiger partial charge in [0.1, 0.15) is 0 Å². The summed E-state index contributed by atoms with van der Waals surface area (Å²) in [6.07, 6.45) is 3.80. The van der Waals surface area contributed by atoms with Crippen molar-refractivity contribution >= 4 is 0 Å². The average molecular weight is 270 g/mol. The summed E-state index contributed by atoms with van der Waals surface area (Å²) in [5, 5.41) is 3.63. The topological polar surface area (TPSA) is 33.7 Å². The zero-order valence-corrected chi connectivity index (χ0v) is 12.6. The largest absolute Gasteiger partial charge is 0.384 e. The van der Waals surface area contributed by atoms with Gasteiger partial charge in [0.2, 0.25) is 0 Å². The number of hydrogen-bond acceptors (Lipinski definition) is 4. The molecule has 0 aromatic rings. The van der Waals surface area contributed by atoms with Crippen molar-refractivity contribution in [3.63, 3.8) is 0 Å². The Bertz CT molecular complexity index is 246. The molecule has 4 nitrogen and oxygen atoms in total. The van der Waals surface area contributed by atoms with Gasteiger partial charge in [-0.2, -0.15) is 0 Å². The molecule has 19 heavy (non-hydrogen) atoms. The Morgan fingerprint density at radius 3 is 3.05 bits per heavy atom. The van der Waals surface area contributed by atoms with Crippen LogP contribution in [0.2, 0.25) is 0 Å². The molecule has 3 unspecified atom stereocenters. The zero-order chi connectivity index (χ0) is 13.5. The van der Waals surface area contributed by atoms with Crippen LogP contribution >= 0.6 is 0 Å².